The van der Waals surface area contributed by atoms with Crippen LogP contribution in [0.15, 0.2) is 104 Å². The predicted octanol–water partition coefficient (Wildman–Crippen LogP) is 5.40. The van der Waals surface area contributed by atoms with Crippen molar-refractivity contribution in [2.75, 3.05) is 27.2 Å². The number of hydrogen-bond acceptors (Lipinski definition) is 6. The fraction of sp³-hybridized carbons (Fsp3) is 0.200. The third-order valence-electron chi connectivity index (χ3n) is 5.70. The van der Waals surface area contributed by atoms with Crippen molar-refractivity contribution in [3.05, 3.63) is 109 Å². The van der Waals surface area contributed by atoms with E-state index in [0.29, 0.717) is 24.6 Å². The van der Waals surface area contributed by atoms with Crippen LogP contribution in [0.5, 0.6) is 11.5 Å². The molecule has 0 saturated carbocycles. The summed E-state index contributed by atoms with van der Waals surface area (Å²) < 4.78 is 32.0. The molecular weight excluding hydrogens is 468 g/mol. The van der Waals surface area contributed by atoms with Gasteiger partial charge in [0.05, 0.1) is 13.1 Å². The minimum Gasteiger partial charge on any atom is -0.635 e. The van der Waals surface area contributed by atoms with Crippen molar-refractivity contribution >= 4 is 15.7 Å². The van der Waals surface area contributed by atoms with Crippen molar-refractivity contribution in [2.45, 2.75) is 6.04 Å². The van der Waals surface area contributed by atoms with Gasteiger partial charge in [-0.05, 0) is 34.3 Å². The van der Waals surface area contributed by atoms with Crippen molar-refractivity contribution in [2.24, 2.45) is 0 Å². The second-order valence-corrected chi connectivity index (χ2v) is 12.8. The largest absolute Gasteiger partial charge is 0.635 e. The summed E-state index contributed by atoms with van der Waals surface area (Å²) in [6, 6.07) is 26.3. The highest BCUT2D eigenvalue weighted by Crippen LogP contribution is 2.75. The minimum absolute atomic E-state index is 0.346. The zero-order chi connectivity index (χ0) is 24.2. The molecule has 178 valence electrons. The van der Waals surface area contributed by atoms with Crippen LogP contribution in [0.1, 0.15) is 11.6 Å². The highest BCUT2D eigenvalue weighted by Gasteiger charge is 2.62. The summed E-state index contributed by atoms with van der Waals surface area (Å²) >= 11 is 0. The van der Waals surface area contributed by atoms with E-state index in [1.807, 2.05) is 42.5 Å². The molecule has 1 aliphatic rings. The fourth-order valence-electron chi connectivity index (χ4n) is 3.93. The van der Waals surface area contributed by atoms with Crippen LogP contribution in [-0.2, 0) is 4.57 Å². The highest BCUT2D eigenvalue weighted by atomic mass is 31.3. The van der Waals surface area contributed by atoms with Gasteiger partial charge in [0.1, 0.15) is 17.5 Å². The Balaban J connectivity index is 1.91. The van der Waals surface area contributed by atoms with Gasteiger partial charge in [0.2, 0.25) is 0 Å². The lowest BCUT2D eigenvalue weighted by molar-refractivity contribution is -0.199. The molecule has 1 heterocycles. The normalized spacial score (nSPS) is 17.4. The molecule has 0 aromatic heterocycles. The van der Waals surface area contributed by atoms with Crippen LogP contribution in [0, 0.1) is 0 Å². The molecule has 0 N–H and O–H groups in total. The molecule has 0 amide bonds. The molecule has 3 aromatic carbocycles. The summed E-state index contributed by atoms with van der Waals surface area (Å²) in [5.41, 5.74) is 0.773. The SMILES string of the molecule is C=CC(c1ccccc1)N(P(=O)(Oc1ccccc1)Oc1ccccc1)[P+]1([O-])N(C)CCN1C. The van der Waals surface area contributed by atoms with E-state index in [1.165, 1.54) is 4.44 Å². The minimum atomic E-state index is -4.29. The van der Waals surface area contributed by atoms with Crippen LogP contribution < -0.4 is 13.9 Å². The van der Waals surface area contributed by atoms with Gasteiger partial charge in [-0.15, -0.1) is 6.58 Å². The Hall–Kier alpha value is -2.50. The van der Waals surface area contributed by atoms with Gasteiger partial charge in [0.15, 0.2) is 7.94 Å². The summed E-state index contributed by atoms with van der Waals surface area (Å²) in [6.07, 6.45) is 1.63. The van der Waals surface area contributed by atoms with Crippen LogP contribution in [0.3, 0.4) is 0 Å². The third-order valence-corrected chi connectivity index (χ3v) is 11.6. The van der Waals surface area contributed by atoms with Gasteiger partial charge >= 0.3 is 7.75 Å². The topological polar surface area (TPSA) is 68.3 Å². The van der Waals surface area contributed by atoms with E-state index in [-0.39, 0.29) is 0 Å². The van der Waals surface area contributed by atoms with Gasteiger partial charge in [-0.2, -0.15) is 9.34 Å². The molecule has 0 radical (unpaired) electrons. The first-order valence-corrected chi connectivity index (χ1v) is 14.0. The Morgan fingerprint density at radius 2 is 1.29 bits per heavy atom. The Labute approximate surface area is 202 Å². The van der Waals surface area contributed by atoms with Crippen LogP contribution in [0.4, 0.5) is 0 Å². The monoisotopic (exact) mass is 497 g/mol. The van der Waals surface area contributed by atoms with E-state index >= 15 is 0 Å². The van der Waals surface area contributed by atoms with Crippen molar-refractivity contribution in [3.63, 3.8) is 0 Å². The first-order chi connectivity index (χ1) is 16.4. The Morgan fingerprint density at radius 3 is 1.71 bits per heavy atom. The predicted molar refractivity (Wildman–Crippen MR) is 135 cm³/mol. The molecule has 1 fully saturated rings. The van der Waals surface area contributed by atoms with E-state index < -0.39 is 21.7 Å². The molecule has 1 atom stereocenters. The number of nitrogens with zero attached hydrogens (tertiary/aromatic N) is 3. The summed E-state index contributed by atoms with van der Waals surface area (Å²) in [5, 5.41) is 0. The zero-order valence-corrected chi connectivity index (χ0v) is 21.1. The quantitative estimate of drug-likeness (QED) is 0.290. The molecule has 0 bridgehead atoms. The number of benzene rings is 3. The van der Waals surface area contributed by atoms with Crippen LogP contribution in [0.25, 0.3) is 0 Å². The fourth-order valence-corrected chi connectivity index (χ4v) is 10.0. The maximum atomic E-state index is 14.9. The molecule has 34 heavy (non-hydrogen) atoms. The summed E-state index contributed by atoms with van der Waals surface area (Å²) in [6.45, 7) is 5.09. The van der Waals surface area contributed by atoms with E-state index in [4.69, 9.17) is 9.05 Å². The van der Waals surface area contributed by atoms with Gasteiger partial charge in [0.25, 0.3) is 0 Å². The number of likely N-dealkylation sites (N-methyl/N-ethyl adjacent to an activating group) is 2. The molecule has 0 spiro atoms. The van der Waals surface area contributed by atoms with Crippen molar-refractivity contribution in [1.82, 2.24) is 13.8 Å². The van der Waals surface area contributed by atoms with E-state index in [0.717, 1.165) is 5.56 Å². The van der Waals surface area contributed by atoms with Crippen LogP contribution in [-0.4, -0.2) is 41.0 Å². The van der Waals surface area contributed by atoms with Gasteiger partial charge < -0.3 is 13.9 Å². The van der Waals surface area contributed by atoms with Gasteiger partial charge in [0, 0.05) is 14.1 Å². The average Bonchev–Trinajstić information content (AvgIpc) is 3.11. The molecule has 4 rings (SSSR count). The first kappa shape index (κ1) is 24.6. The lowest BCUT2D eigenvalue weighted by Crippen LogP contribution is -2.44. The molecule has 1 saturated heterocycles. The molecule has 3 aromatic rings. The molecule has 9 heteroatoms. The molecule has 7 nitrogen and oxygen atoms in total. The first-order valence-electron chi connectivity index (χ1n) is 11.0. The van der Waals surface area contributed by atoms with Crippen molar-refractivity contribution in [3.8, 4) is 11.5 Å². The summed E-state index contributed by atoms with van der Waals surface area (Å²) in [7, 11) is -4.34. The molecule has 0 aliphatic carbocycles. The lowest BCUT2D eigenvalue weighted by Gasteiger charge is -2.46. The smallest absolute Gasteiger partial charge is 0.551 e. The van der Waals surface area contributed by atoms with Gasteiger partial charge in [-0.1, -0.05) is 72.8 Å². The zero-order valence-electron chi connectivity index (χ0n) is 19.3. The number of rotatable bonds is 9. The number of hydrogen-bond donors (Lipinski definition) is 0. The van der Waals surface area contributed by atoms with Crippen molar-refractivity contribution in [1.29, 1.82) is 0 Å². The summed E-state index contributed by atoms with van der Waals surface area (Å²) in [5.74, 6) is 0.692. The van der Waals surface area contributed by atoms with Crippen LogP contribution in [0.2, 0.25) is 0 Å². The second-order valence-electron chi connectivity index (χ2n) is 7.96. The Bertz CT molecular complexity index is 1080. The van der Waals surface area contributed by atoms with Gasteiger partial charge in [-0.25, -0.2) is 4.57 Å². The average molecular weight is 497 g/mol. The molecular formula is C25H29N3O4P2. The standard InChI is InChI=1S/C25H29N3O4P2/c1-4-25(22-14-8-5-9-15-22)28(33(29)26(2)20-21-27(33)3)34(30,31-23-16-10-6-11-17-23)32-24-18-12-7-13-19-24/h4-19,25H,1,20-21H2,2-3H3. The lowest BCUT2D eigenvalue weighted by atomic mass is 10.1. The van der Waals surface area contributed by atoms with Gasteiger partial charge in [-0.3, -0.25) is 0 Å². The van der Waals surface area contributed by atoms with Crippen LogP contribution >= 0.6 is 15.7 Å². The molecule has 1 aliphatic heterocycles. The van der Waals surface area contributed by atoms with E-state index in [9.17, 15) is 9.46 Å². The Kier molecular flexibility index (Phi) is 7.54. The second kappa shape index (κ2) is 10.4. The van der Waals surface area contributed by atoms with E-state index in [1.54, 1.807) is 78.0 Å². The Morgan fingerprint density at radius 1 is 0.882 bits per heavy atom. The third kappa shape index (κ3) is 4.82. The maximum absolute atomic E-state index is 14.9. The number of para-hydroxylation sites is 2. The van der Waals surface area contributed by atoms with Crippen molar-refractivity contribution < 1.29 is 18.5 Å². The van der Waals surface area contributed by atoms with E-state index in [2.05, 4.69) is 6.58 Å². The highest BCUT2D eigenvalue weighted by molar-refractivity contribution is 7.73. The summed E-state index contributed by atoms with van der Waals surface area (Å²) in [4.78, 5) is 14.8. The maximum Gasteiger partial charge on any atom is 0.551 e. The molecule has 1 unspecified atom stereocenters.